The Labute approximate surface area is 226 Å². The van der Waals surface area contributed by atoms with Gasteiger partial charge in [-0.05, 0) is 32.9 Å². The van der Waals surface area contributed by atoms with Crippen LogP contribution in [0.3, 0.4) is 0 Å². The van der Waals surface area contributed by atoms with Gasteiger partial charge in [-0.3, -0.25) is 4.72 Å². The quantitative estimate of drug-likeness (QED) is 0.344. The number of carbonyl (C=O) groups excluding carboxylic acids is 1. The van der Waals surface area contributed by atoms with Crippen molar-refractivity contribution in [1.82, 2.24) is 14.2 Å². The normalized spacial score (nSPS) is 15.2. The van der Waals surface area contributed by atoms with Gasteiger partial charge in [-0.1, -0.05) is 12.1 Å². The zero-order chi connectivity index (χ0) is 29.0. The first-order valence-corrected chi connectivity index (χ1v) is 14.0. The molecule has 2 heterocycles. The molecular formula is C23H27F5N4O5S2. The van der Waals surface area contributed by atoms with E-state index in [9.17, 15) is 35.2 Å². The average molecular weight is 599 g/mol. The number of aromatic nitrogens is 1. The minimum atomic E-state index is -4.68. The molecule has 1 aromatic heterocycles. The molecule has 0 bridgehead atoms. The highest BCUT2D eigenvalue weighted by atomic mass is 32.2. The molecule has 2 aromatic rings. The fourth-order valence-corrected chi connectivity index (χ4v) is 5.39. The Morgan fingerprint density at radius 2 is 1.77 bits per heavy atom. The van der Waals surface area contributed by atoms with Gasteiger partial charge in [0.05, 0.1) is 5.69 Å². The number of pyridine rings is 1. The number of nitrogens with zero attached hydrogens (tertiary/aromatic N) is 3. The molecule has 0 radical (unpaired) electrons. The van der Waals surface area contributed by atoms with Crippen LogP contribution in [0.25, 0.3) is 0 Å². The largest absolute Gasteiger partial charge is 0.468 e. The monoisotopic (exact) mass is 598 g/mol. The Balaban J connectivity index is 1.74. The van der Waals surface area contributed by atoms with Gasteiger partial charge < -0.3 is 14.4 Å². The predicted molar refractivity (Wildman–Crippen MR) is 134 cm³/mol. The average Bonchev–Trinajstić information content (AvgIpc) is 2.82. The van der Waals surface area contributed by atoms with E-state index in [0.717, 1.165) is 28.2 Å². The molecule has 9 nitrogen and oxygen atoms in total. The van der Waals surface area contributed by atoms with Crippen molar-refractivity contribution in [2.45, 2.75) is 43.3 Å². The lowest BCUT2D eigenvalue weighted by atomic mass is 10.2. The molecule has 0 unspecified atom stereocenters. The van der Waals surface area contributed by atoms with Crippen LogP contribution in [0.5, 0.6) is 5.88 Å². The number of thioether (sulfide) groups is 1. The molecule has 1 fully saturated rings. The number of amides is 1. The highest BCUT2D eigenvalue weighted by Crippen LogP contribution is 2.30. The summed E-state index contributed by atoms with van der Waals surface area (Å²) in [6.07, 6.45) is -5.26. The molecule has 0 spiro atoms. The summed E-state index contributed by atoms with van der Waals surface area (Å²) < 4.78 is 105. The van der Waals surface area contributed by atoms with Gasteiger partial charge in [0.2, 0.25) is 5.88 Å². The molecule has 0 saturated carbocycles. The zero-order valence-electron chi connectivity index (χ0n) is 21.2. The fourth-order valence-electron chi connectivity index (χ4n) is 3.31. The van der Waals surface area contributed by atoms with Gasteiger partial charge in [-0.25, -0.2) is 18.6 Å². The van der Waals surface area contributed by atoms with E-state index in [0.29, 0.717) is 0 Å². The number of nitrogens with one attached hydrogen (secondary N) is 1. The minimum absolute atomic E-state index is 0.00535. The van der Waals surface area contributed by atoms with E-state index in [1.807, 2.05) is 0 Å². The summed E-state index contributed by atoms with van der Waals surface area (Å²) in [7, 11) is -4.20. The van der Waals surface area contributed by atoms with Gasteiger partial charge in [0.15, 0.2) is 18.2 Å². The molecule has 216 valence electrons. The molecule has 1 aromatic carbocycles. The van der Waals surface area contributed by atoms with Crippen LogP contribution in [0.1, 0.15) is 26.3 Å². The maximum atomic E-state index is 14.0. The number of rotatable bonds is 8. The van der Waals surface area contributed by atoms with Gasteiger partial charge in [-0.15, -0.1) is 11.8 Å². The number of hydrogen-bond acceptors (Lipinski definition) is 7. The van der Waals surface area contributed by atoms with Crippen molar-refractivity contribution >= 4 is 33.8 Å². The number of carbonyl (C=O) groups is 1. The summed E-state index contributed by atoms with van der Waals surface area (Å²) in [5.74, 6) is -2.81. The lowest BCUT2D eigenvalue weighted by Gasteiger charge is -2.34. The van der Waals surface area contributed by atoms with Gasteiger partial charge in [0.25, 0.3) is 0 Å². The predicted octanol–water partition coefficient (Wildman–Crippen LogP) is 4.80. The maximum Gasteiger partial charge on any atom is 0.422 e. The first-order chi connectivity index (χ1) is 18.0. The molecule has 1 saturated heterocycles. The number of halogens is 5. The first kappa shape index (κ1) is 30.7. The summed E-state index contributed by atoms with van der Waals surface area (Å²) in [6.45, 7) is 3.45. The molecule has 0 aliphatic carbocycles. The third kappa shape index (κ3) is 9.39. The number of alkyl halides is 3. The molecule has 0 atom stereocenters. The number of ether oxygens (including phenoxy) is 2. The number of benzene rings is 1. The van der Waals surface area contributed by atoms with Crippen LogP contribution in [0.4, 0.5) is 32.4 Å². The van der Waals surface area contributed by atoms with Crippen molar-refractivity contribution in [2.24, 2.45) is 0 Å². The maximum absolute atomic E-state index is 14.0. The molecule has 1 N–H and O–H groups in total. The Kier molecular flexibility index (Phi) is 9.54. The third-order valence-electron chi connectivity index (χ3n) is 5.05. The SMILES string of the molecule is CC(C)(C)OC(=O)N1CCN(S(=O)(=O)Nc2cc(OCC(F)(F)F)nc(SCc3cccc(F)c3F)c2)CC1. The van der Waals surface area contributed by atoms with E-state index in [-0.39, 0.29) is 48.2 Å². The highest BCUT2D eigenvalue weighted by molar-refractivity contribution is 7.98. The zero-order valence-corrected chi connectivity index (χ0v) is 22.9. The second kappa shape index (κ2) is 12.1. The van der Waals surface area contributed by atoms with Crippen LogP contribution in [-0.4, -0.2) is 73.3 Å². The van der Waals surface area contributed by atoms with Crippen LogP contribution < -0.4 is 9.46 Å². The second-order valence-electron chi connectivity index (χ2n) is 9.41. The van der Waals surface area contributed by atoms with Crippen LogP contribution in [0.15, 0.2) is 35.4 Å². The lowest BCUT2D eigenvalue weighted by molar-refractivity contribution is -0.154. The summed E-state index contributed by atoms with van der Waals surface area (Å²) in [6, 6.07) is 5.78. The molecule has 16 heteroatoms. The van der Waals surface area contributed by atoms with Crippen LogP contribution in [0.2, 0.25) is 0 Å². The van der Waals surface area contributed by atoms with E-state index < -0.39 is 52.2 Å². The van der Waals surface area contributed by atoms with Crippen molar-refractivity contribution in [2.75, 3.05) is 37.5 Å². The van der Waals surface area contributed by atoms with Crippen molar-refractivity contribution < 1.29 is 44.6 Å². The van der Waals surface area contributed by atoms with Crippen LogP contribution in [0, 0.1) is 11.6 Å². The number of hydrogen-bond donors (Lipinski definition) is 1. The van der Waals surface area contributed by atoms with E-state index in [1.54, 1.807) is 20.8 Å². The van der Waals surface area contributed by atoms with Gasteiger partial charge in [-0.2, -0.15) is 25.9 Å². The second-order valence-corrected chi connectivity index (χ2v) is 12.1. The third-order valence-corrected chi connectivity index (χ3v) is 7.55. The van der Waals surface area contributed by atoms with Crippen molar-refractivity contribution in [3.8, 4) is 5.88 Å². The molecule has 1 amide bonds. The molecular weight excluding hydrogens is 571 g/mol. The van der Waals surface area contributed by atoms with Crippen molar-refractivity contribution in [3.63, 3.8) is 0 Å². The standard InChI is InChI=1S/C23H27F5N4O5S2/c1-22(2,3)37-21(33)31-7-9-32(10-8-31)39(34,35)30-16-11-18(36-14-23(26,27)28)29-19(12-16)38-13-15-5-4-6-17(24)20(15)25/h4-6,11-12H,7-10,13-14H2,1-3H3,(H,29,30). The molecule has 3 rings (SSSR count). The van der Waals surface area contributed by atoms with E-state index >= 15 is 0 Å². The first-order valence-electron chi connectivity index (χ1n) is 11.6. The van der Waals surface area contributed by atoms with Crippen molar-refractivity contribution in [3.05, 3.63) is 47.5 Å². The Hall–Kier alpha value is -2.85. The lowest BCUT2D eigenvalue weighted by Crippen LogP contribution is -2.52. The Morgan fingerprint density at radius 3 is 2.38 bits per heavy atom. The summed E-state index contributed by atoms with van der Waals surface area (Å²) in [4.78, 5) is 17.5. The summed E-state index contributed by atoms with van der Waals surface area (Å²) in [5.41, 5.74) is -0.891. The van der Waals surface area contributed by atoms with Crippen molar-refractivity contribution in [1.29, 1.82) is 0 Å². The fraction of sp³-hybridized carbons (Fsp3) is 0.478. The van der Waals surface area contributed by atoms with E-state index in [2.05, 4.69) is 9.71 Å². The number of anilines is 1. The minimum Gasteiger partial charge on any atom is -0.468 e. The van der Waals surface area contributed by atoms with Crippen LogP contribution >= 0.6 is 11.8 Å². The van der Waals surface area contributed by atoms with Crippen LogP contribution in [-0.2, 0) is 20.7 Å². The molecule has 1 aliphatic rings. The highest BCUT2D eigenvalue weighted by Gasteiger charge is 2.32. The number of piperazine rings is 1. The Morgan fingerprint density at radius 1 is 1.10 bits per heavy atom. The van der Waals surface area contributed by atoms with E-state index in [1.165, 1.54) is 23.1 Å². The molecule has 39 heavy (non-hydrogen) atoms. The van der Waals surface area contributed by atoms with E-state index in [4.69, 9.17) is 9.47 Å². The Bertz CT molecular complexity index is 1280. The topological polar surface area (TPSA) is 101 Å². The van der Waals surface area contributed by atoms with Gasteiger partial charge >= 0.3 is 22.5 Å². The summed E-state index contributed by atoms with van der Waals surface area (Å²) >= 11 is 0.842. The van der Waals surface area contributed by atoms with Gasteiger partial charge in [0, 0.05) is 43.6 Å². The molecule has 1 aliphatic heterocycles. The van der Waals surface area contributed by atoms with Gasteiger partial charge in [0.1, 0.15) is 10.6 Å². The smallest absolute Gasteiger partial charge is 0.422 e. The summed E-state index contributed by atoms with van der Waals surface area (Å²) in [5, 5.41) is 0.00535.